The van der Waals surface area contributed by atoms with Crippen LogP contribution in [0.5, 0.6) is 0 Å². The molecule has 2 rings (SSSR count). The highest BCUT2D eigenvalue weighted by Gasteiger charge is 2.20. The molecule has 1 aliphatic carbocycles. The Hall–Kier alpha value is -1.09. The number of hydrogen-bond acceptors (Lipinski definition) is 3. The summed E-state index contributed by atoms with van der Waals surface area (Å²) < 4.78 is 0. The van der Waals surface area contributed by atoms with E-state index in [0.717, 1.165) is 31.4 Å². The van der Waals surface area contributed by atoms with Gasteiger partial charge in [0.1, 0.15) is 0 Å². The molecular weight excluding hydrogens is 246 g/mol. The lowest BCUT2D eigenvalue weighted by molar-refractivity contribution is 0.418. The highest BCUT2D eigenvalue weighted by molar-refractivity contribution is 5.47. The predicted octanol–water partition coefficient (Wildman–Crippen LogP) is 3.74. The van der Waals surface area contributed by atoms with E-state index in [1.54, 1.807) is 0 Å². The van der Waals surface area contributed by atoms with Crippen molar-refractivity contribution in [1.82, 2.24) is 10.3 Å². The van der Waals surface area contributed by atoms with Crippen molar-refractivity contribution in [3.63, 3.8) is 0 Å². The fourth-order valence-corrected chi connectivity index (χ4v) is 3.18. The highest BCUT2D eigenvalue weighted by atomic mass is 15.2. The summed E-state index contributed by atoms with van der Waals surface area (Å²) >= 11 is 0. The number of rotatable bonds is 7. The normalized spacial score (nSPS) is 16.3. The van der Waals surface area contributed by atoms with Crippen LogP contribution in [0, 0.1) is 0 Å². The van der Waals surface area contributed by atoms with Gasteiger partial charge >= 0.3 is 0 Å². The number of anilines is 1. The zero-order valence-electron chi connectivity index (χ0n) is 13.1. The van der Waals surface area contributed by atoms with Crippen LogP contribution in [-0.4, -0.2) is 24.1 Å². The van der Waals surface area contributed by atoms with Crippen molar-refractivity contribution in [2.75, 3.05) is 18.0 Å². The van der Waals surface area contributed by atoms with Crippen LogP contribution >= 0.6 is 0 Å². The lowest BCUT2D eigenvalue weighted by atomic mass is 9.94. The predicted molar refractivity (Wildman–Crippen MR) is 86.1 cm³/mol. The minimum Gasteiger partial charge on any atom is -0.369 e. The van der Waals surface area contributed by atoms with E-state index >= 15 is 0 Å². The van der Waals surface area contributed by atoms with Crippen LogP contribution < -0.4 is 10.2 Å². The second-order valence-electron chi connectivity index (χ2n) is 5.76. The lowest BCUT2D eigenvalue weighted by Gasteiger charge is -2.35. The Morgan fingerprint density at radius 2 is 2.05 bits per heavy atom. The van der Waals surface area contributed by atoms with Crippen LogP contribution in [0.2, 0.25) is 0 Å². The van der Waals surface area contributed by atoms with Gasteiger partial charge in [0.2, 0.25) is 0 Å². The summed E-state index contributed by atoms with van der Waals surface area (Å²) in [6, 6.07) is 5.16. The van der Waals surface area contributed by atoms with Crippen molar-refractivity contribution in [1.29, 1.82) is 0 Å². The highest BCUT2D eigenvalue weighted by Crippen LogP contribution is 2.27. The topological polar surface area (TPSA) is 28.2 Å². The van der Waals surface area contributed by atoms with Crippen LogP contribution in [0.15, 0.2) is 18.3 Å². The average Bonchev–Trinajstić information content (AvgIpc) is 2.50. The molecule has 1 N–H and O–H groups in total. The molecule has 0 aromatic carbocycles. The van der Waals surface area contributed by atoms with E-state index in [0.29, 0.717) is 0 Å². The van der Waals surface area contributed by atoms with Gasteiger partial charge in [-0.15, -0.1) is 0 Å². The Kier molecular flexibility index (Phi) is 6.31. The first-order valence-corrected chi connectivity index (χ1v) is 8.27. The standard InChI is InChI=1S/C17H29N3/c1-3-11-18-14-15-13-17(10-12-19-15)20(4-2)16-8-6-5-7-9-16/h10,12-13,16,18H,3-9,11,14H2,1-2H3. The van der Waals surface area contributed by atoms with Gasteiger partial charge in [0.15, 0.2) is 0 Å². The molecule has 1 heterocycles. The summed E-state index contributed by atoms with van der Waals surface area (Å²) in [5, 5.41) is 3.43. The monoisotopic (exact) mass is 275 g/mol. The summed E-state index contributed by atoms with van der Waals surface area (Å²) in [6.45, 7) is 7.50. The molecule has 20 heavy (non-hydrogen) atoms. The van der Waals surface area contributed by atoms with Gasteiger partial charge in [0.25, 0.3) is 0 Å². The first kappa shape index (κ1) is 15.3. The molecule has 0 bridgehead atoms. The van der Waals surface area contributed by atoms with Crippen LogP contribution in [0.25, 0.3) is 0 Å². The lowest BCUT2D eigenvalue weighted by Crippen LogP contribution is -2.36. The second kappa shape index (κ2) is 8.25. The van der Waals surface area contributed by atoms with Gasteiger partial charge in [-0.05, 0) is 44.9 Å². The fourth-order valence-electron chi connectivity index (χ4n) is 3.18. The van der Waals surface area contributed by atoms with Crippen LogP contribution in [0.3, 0.4) is 0 Å². The van der Waals surface area contributed by atoms with Gasteiger partial charge in [0, 0.05) is 31.0 Å². The summed E-state index contributed by atoms with van der Waals surface area (Å²) in [5.74, 6) is 0. The third-order valence-electron chi connectivity index (χ3n) is 4.22. The molecule has 1 saturated carbocycles. The molecule has 1 aromatic heterocycles. The first-order valence-electron chi connectivity index (χ1n) is 8.27. The molecule has 0 aliphatic heterocycles. The minimum absolute atomic E-state index is 0.729. The molecule has 112 valence electrons. The van der Waals surface area contributed by atoms with Gasteiger partial charge in [-0.2, -0.15) is 0 Å². The molecule has 0 atom stereocenters. The van der Waals surface area contributed by atoms with Crippen molar-refractivity contribution in [3.8, 4) is 0 Å². The summed E-state index contributed by atoms with van der Waals surface area (Å²) in [6.07, 6.45) is 10.0. The van der Waals surface area contributed by atoms with Gasteiger partial charge < -0.3 is 10.2 Å². The Bertz CT molecular complexity index is 386. The largest absolute Gasteiger partial charge is 0.369 e. The number of pyridine rings is 1. The van der Waals surface area contributed by atoms with Crippen LogP contribution in [0.1, 0.15) is 58.1 Å². The fraction of sp³-hybridized carbons (Fsp3) is 0.706. The van der Waals surface area contributed by atoms with E-state index in [9.17, 15) is 0 Å². The average molecular weight is 275 g/mol. The van der Waals surface area contributed by atoms with Gasteiger partial charge in [-0.25, -0.2) is 0 Å². The zero-order valence-corrected chi connectivity index (χ0v) is 13.1. The maximum atomic E-state index is 4.48. The van der Waals surface area contributed by atoms with Crippen molar-refractivity contribution in [2.45, 2.75) is 65.0 Å². The van der Waals surface area contributed by atoms with E-state index < -0.39 is 0 Å². The van der Waals surface area contributed by atoms with Crippen LogP contribution in [-0.2, 0) is 6.54 Å². The second-order valence-corrected chi connectivity index (χ2v) is 5.76. The molecule has 0 amide bonds. The Morgan fingerprint density at radius 3 is 2.75 bits per heavy atom. The number of nitrogens with one attached hydrogen (secondary N) is 1. The van der Waals surface area contributed by atoms with Crippen molar-refractivity contribution >= 4 is 5.69 Å². The van der Waals surface area contributed by atoms with Crippen molar-refractivity contribution in [3.05, 3.63) is 24.0 Å². The SMILES string of the molecule is CCCNCc1cc(N(CC)C2CCCCC2)ccn1. The van der Waals surface area contributed by atoms with E-state index in [1.165, 1.54) is 44.2 Å². The molecule has 1 fully saturated rings. The molecule has 0 radical (unpaired) electrons. The molecule has 1 aliphatic rings. The van der Waals surface area contributed by atoms with Gasteiger partial charge in [-0.3, -0.25) is 4.98 Å². The van der Waals surface area contributed by atoms with E-state index in [-0.39, 0.29) is 0 Å². The number of aromatic nitrogens is 1. The van der Waals surface area contributed by atoms with E-state index in [4.69, 9.17) is 0 Å². The number of nitrogens with zero attached hydrogens (tertiary/aromatic N) is 2. The molecule has 3 nitrogen and oxygen atoms in total. The Balaban J connectivity index is 2.02. The smallest absolute Gasteiger partial charge is 0.0562 e. The maximum Gasteiger partial charge on any atom is 0.0562 e. The Labute approximate surface area is 123 Å². The molecule has 0 saturated heterocycles. The van der Waals surface area contributed by atoms with Crippen LogP contribution in [0.4, 0.5) is 5.69 Å². The molecule has 3 heteroatoms. The van der Waals surface area contributed by atoms with E-state index in [1.807, 2.05) is 6.20 Å². The summed E-state index contributed by atoms with van der Waals surface area (Å²) in [7, 11) is 0. The van der Waals surface area contributed by atoms with Gasteiger partial charge in [-0.1, -0.05) is 26.2 Å². The molecule has 0 spiro atoms. The minimum atomic E-state index is 0.729. The van der Waals surface area contributed by atoms with Gasteiger partial charge in [0.05, 0.1) is 5.69 Å². The third-order valence-corrected chi connectivity index (χ3v) is 4.22. The third kappa shape index (κ3) is 4.20. The maximum absolute atomic E-state index is 4.48. The first-order chi connectivity index (χ1) is 9.85. The quantitative estimate of drug-likeness (QED) is 0.768. The number of hydrogen-bond donors (Lipinski definition) is 1. The summed E-state index contributed by atoms with van der Waals surface area (Å²) in [5.41, 5.74) is 2.51. The molecule has 1 aromatic rings. The molecular formula is C17H29N3. The molecule has 0 unspecified atom stereocenters. The van der Waals surface area contributed by atoms with Crippen molar-refractivity contribution < 1.29 is 0 Å². The summed E-state index contributed by atoms with van der Waals surface area (Å²) in [4.78, 5) is 7.06. The van der Waals surface area contributed by atoms with Crippen molar-refractivity contribution in [2.24, 2.45) is 0 Å². The Morgan fingerprint density at radius 1 is 1.25 bits per heavy atom. The van der Waals surface area contributed by atoms with E-state index in [2.05, 4.69) is 41.2 Å². The zero-order chi connectivity index (χ0) is 14.2.